The lowest BCUT2D eigenvalue weighted by Gasteiger charge is -2.30. The van der Waals surface area contributed by atoms with Gasteiger partial charge in [0, 0.05) is 0 Å². The zero-order valence-corrected chi connectivity index (χ0v) is 10.7. The van der Waals surface area contributed by atoms with Crippen molar-refractivity contribution in [2.75, 3.05) is 20.0 Å². The molecule has 0 aromatic heterocycles. The van der Waals surface area contributed by atoms with Gasteiger partial charge in [-0.3, -0.25) is 13.2 Å². The zero-order chi connectivity index (χ0) is 13.1. The number of alkyl halides is 3. The predicted molar refractivity (Wildman–Crippen MR) is 64.4 cm³/mol. The molecular formula is C13H25F3O. The van der Waals surface area contributed by atoms with Crippen molar-refractivity contribution in [3.05, 3.63) is 0 Å². The molecule has 0 spiro atoms. The molecule has 4 heteroatoms. The Kier molecular flexibility index (Phi) is 9.60. The van der Waals surface area contributed by atoms with Crippen molar-refractivity contribution in [3.8, 4) is 0 Å². The first kappa shape index (κ1) is 16.8. The van der Waals surface area contributed by atoms with Crippen LogP contribution < -0.4 is 0 Å². The molecule has 0 aromatic carbocycles. The summed E-state index contributed by atoms with van der Waals surface area (Å²) < 4.78 is 37.8. The van der Waals surface area contributed by atoms with Crippen LogP contribution in [-0.4, -0.2) is 31.2 Å². The largest absolute Gasteiger partial charge is 0.392 e. The molecule has 0 rings (SSSR count). The van der Waals surface area contributed by atoms with Gasteiger partial charge < -0.3 is 5.11 Å². The van der Waals surface area contributed by atoms with Gasteiger partial charge in [-0.15, -0.1) is 0 Å². The minimum Gasteiger partial charge on any atom is -0.392 e. The average molecular weight is 254 g/mol. The van der Waals surface area contributed by atoms with E-state index in [1.807, 2.05) is 0 Å². The van der Waals surface area contributed by atoms with E-state index in [0.29, 0.717) is 6.42 Å². The van der Waals surface area contributed by atoms with Gasteiger partial charge in [-0.2, -0.15) is 0 Å². The lowest BCUT2D eigenvalue weighted by Crippen LogP contribution is -2.41. The van der Waals surface area contributed by atoms with Crippen LogP contribution in [-0.2, 0) is 0 Å². The molecule has 1 N–H and O–H groups in total. The van der Waals surface area contributed by atoms with E-state index >= 15 is 0 Å². The van der Waals surface area contributed by atoms with Crippen molar-refractivity contribution in [1.82, 2.24) is 0 Å². The Bertz CT molecular complexity index is 164. The third-order valence-electron chi connectivity index (χ3n) is 3.34. The molecule has 0 radical (unpaired) electrons. The standard InChI is InChI=1S/C13H25F3O/c1-2-3-4-5-6-7-8-12(17)13(9-14,10-15)11-16/h12,17H,2-11H2,1H3. The zero-order valence-electron chi connectivity index (χ0n) is 10.7. The van der Waals surface area contributed by atoms with Crippen LogP contribution >= 0.6 is 0 Å². The first-order valence-electron chi connectivity index (χ1n) is 6.52. The van der Waals surface area contributed by atoms with E-state index in [0.717, 1.165) is 25.7 Å². The normalized spacial score (nSPS) is 13.9. The lowest BCUT2D eigenvalue weighted by molar-refractivity contribution is -0.0332. The number of hydrogen-bond acceptors (Lipinski definition) is 1. The molecule has 0 aromatic rings. The Labute approximate surface area is 102 Å². The minimum atomic E-state index is -1.82. The first-order valence-corrected chi connectivity index (χ1v) is 6.52. The van der Waals surface area contributed by atoms with Crippen LogP contribution in [0.3, 0.4) is 0 Å². The Morgan fingerprint density at radius 2 is 1.35 bits per heavy atom. The maximum atomic E-state index is 12.6. The highest BCUT2D eigenvalue weighted by atomic mass is 19.1. The number of aliphatic hydroxyl groups excluding tert-OH is 1. The highest BCUT2D eigenvalue weighted by Gasteiger charge is 2.38. The van der Waals surface area contributed by atoms with Crippen molar-refractivity contribution >= 4 is 0 Å². The topological polar surface area (TPSA) is 20.2 Å². The fraction of sp³-hybridized carbons (Fsp3) is 1.00. The molecule has 0 saturated heterocycles. The van der Waals surface area contributed by atoms with Crippen LogP contribution in [0.1, 0.15) is 51.9 Å². The summed E-state index contributed by atoms with van der Waals surface area (Å²) in [6.45, 7) is -1.30. The molecule has 17 heavy (non-hydrogen) atoms. The smallest absolute Gasteiger partial charge is 0.103 e. The SMILES string of the molecule is CCCCCCCCC(O)C(CF)(CF)CF. The number of aliphatic hydroxyl groups is 1. The lowest BCUT2D eigenvalue weighted by atomic mass is 9.83. The third kappa shape index (κ3) is 5.75. The van der Waals surface area contributed by atoms with Gasteiger partial charge in [-0.1, -0.05) is 45.4 Å². The van der Waals surface area contributed by atoms with E-state index < -0.39 is 31.5 Å². The molecule has 0 aliphatic carbocycles. The maximum absolute atomic E-state index is 12.6. The van der Waals surface area contributed by atoms with Crippen LogP contribution in [0, 0.1) is 5.41 Å². The van der Waals surface area contributed by atoms with Gasteiger partial charge in [0.15, 0.2) is 0 Å². The van der Waals surface area contributed by atoms with Gasteiger partial charge in [0.25, 0.3) is 0 Å². The fourth-order valence-corrected chi connectivity index (χ4v) is 1.80. The summed E-state index contributed by atoms with van der Waals surface area (Å²) in [6, 6.07) is 0. The van der Waals surface area contributed by atoms with Gasteiger partial charge in [-0.25, -0.2) is 0 Å². The molecule has 0 aliphatic heterocycles. The van der Waals surface area contributed by atoms with E-state index in [9.17, 15) is 18.3 Å². The van der Waals surface area contributed by atoms with E-state index in [2.05, 4.69) is 6.92 Å². The van der Waals surface area contributed by atoms with Crippen molar-refractivity contribution in [1.29, 1.82) is 0 Å². The maximum Gasteiger partial charge on any atom is 0.103 e. The first-order chi connectivity index (χ1) is 8.16. The van der Waals surface area contributed by atoms with Gasteiger partial charge in [0.1, 0.15) is 20.0 Å². The summed E-state index contributed by atoms with van der Waals surface area (Å²) in [6.07, 6.45) is 5.26. The second kappa shape index (κ2) is 9.75. The molecule has 0 aliphatic rings. The van der Waals surface area contributed by atoms with Gasteiger partial charge in [-0.05, 0) is 6.42 Å². The quantitative estimate of drug-likeness (QED) is 0.553. The van der Waals surface area contributed by atoms with Crippen LogP contribution in [0.25, 0.3) is 0 Å². The number of rotatable bonds is 11. The summed E-state index contributed by atoms with van der Waals surface area (Å²) in [5, 5.41) is 9.64. The second-order valence-electron chi connectivity index (χ2n) is 4.84. The van der Waals surface area contributed by atoms with Crippen LogP contribution in [0.5, 0.6) is 0 Å². The average Bonchev–Trinajstić information content (AvgIpc) is 2.36. The molecule has 0 heterocycles. The summed E-state index contributed by atoms with van der Waals surface area (Å²) in [5.74, 6) is 0. The highest BCUT2D eigenvalue weighted by Crippen LogP contribution is 2.28. The Hall–Kier alpha value is -0.250. The fourth-order valence-electron chi connectivity index (χ4n) is 1.80. The monoisotopic (exact) mass is 254 g/mol. The predicted octanol–water partition coefficient (Wildman–Crippen LogP) is 3.99. The number of unbranched alkanes of at least 4 members (excludes halogenated alkanes) is 5. The van der Waals surface area contributed by atoms with Crippen LogP contribution in [0.15, 0.2) is 0 Å². The minimum absolute atomic E-state index is 0.282. The van der Waals surface area contributed by atoms with E-state index in [-0.39, 0.29) is 6.42 Å². The Morgan fingerprint density at radius 1 is 0.882 bits per heavy atom. The molecule has 1 nitrogen and oxygen atoms in total. The van der Waals surface area contributed by atoms with Gasteiger partial charge in [0.2, 0.25) is 0 Å². The van der Waals surface area contributed by atoms with Crippen molar-refractivity contribution in [2.24, 2.45) is 5.41 Å². The summed E-state index contributed by atoms with van der Waals surface area (Å²) in [5.41, 5.74) is -1.82. The van der Waals surface area contributed by atoms with Gasteiger partial charge >= 0.3 is 0 Å². The van der Waals surface area contributed by atoms with E-state index in [1.54, 1.807) is 0 Å². The summed E-state index contributed by atoms with van der Waals surface area (Å²) in [7, 11) is 0. The summed E-state index contributed by atoms with van der Waals surface area (Å²) in [4.78, 5) is 0. The Morgan fingerprint density at radius 3 is 1.82 bits per heavy atom. The molecule has 0 saturated carbocycles. The van der Waals surface area contributed by atoms with Crippen LogP contribution in [0.2, 0.25) is 0 Å². The Balaban J connectivity index is 3.79. The molecule has 0 bridgehead atoms. The third-order valence-corrected chi connectivity index (χ3v) is 3.34. The van der Waals surface area contributed by atoms with Crippen molar-refractivity contribution < 1.29 is 18.3 Å². The van der Waals surface area contributed by atoms with Crippen LogP contribution in [0.4, 0.5) is 13.2 Å². The molecule has 104 valence electrons. The molecular weight excluding hydrogens is 229 g/mol. The number of hydrogen-bond donors (Lipinski definition) is 1. The number of halogens is 3. The molecule has 0 fully saturated rings. The molecule has 0 amide bonds. The summed E-state index contributed by atoms with van der Waals surface area (Å²) >= 11 is 0. The second-order valence-corrected chi connectivity index (χ2v) is 4.84. The van der Waals surface area contributed by atoms with E-state index in [1.165, 1.54) is 6.42 Å². The highest BCUT2D eigenvalue weighted by molar-refractivity contribution is 4.85. The van der Waals surface area contributed by atoms with Gasteiger partial charge in [0.05, 0.1) is 11.5 Å². The molecule has 1 atom stereocenters. The molecule has 1 unspecified atom stereocenters. The van der Waals surface area contributed by atoms with E-state index in [4.69, 9.17) is 0 Å². The van der Waals surface area contributed by atoms with Crippen molar-refractivity contribution in [2.45, 2.75) is 58.0 Å². The van der Waals surface area contributed by atoms with Crippen molar-refractivity contribution in [3.63, 3.8) is 0 Å².